The number of rotatable bonds is 4. The van der Waals surface area contributed by atoms with Crippen LogP contribution in [0.15, 0.2) is 42.0 Å². The predicted octanol–water partition coefficient (Wildman–Crippen LogP) is 3.74. The SMILES string of the molecule is Cc1cc2[nH]cc(NC3=C(Nc4cc5c(cn4)CCCC5)C(O)C3=O)c2cc1C. The molecular weight excluding hydrogens is 364 g/mol. The van der Waals surface area contributed by atoms with Gasteiger partial charge in [-0.15, -0.1) is 0 Å². The molecule has 0 radical (unpaired) electrons. The molecule has 4 N–H and O–H groups in total. The number of hydrogen-bond acceptors (Lipinski definition) is 5. The van der Waals surface area contributed by atoms with Crippen LogP contribution in [0.25, 0.3) is 10.9 Å². The van der Waals surface area contributed by atoms with Crippen molar-refractivity contribution >= 4 is 28.2 Å². The van der Waals surface area contributed by atoms with Crippen LogP contribution in [0, 0.1) is 13.8 Å². The average Bonchev–Trinajstić information content (AvgIpc) is 3.12. The first-order chi connectivity index (χ1) is 14.0. The highest BCUT2D eigenvalue weighted by Crippen LogP contribution is 2.32. The Kier molecular flexibility index (Phi) is 4.17. The van der Waals surface area contributed by atoms with E-state index in [1.807, 2.05) is 18.5 Å². The summed E-state index contributed by atoms with van der Waals surface area (Å²) in [5.41, 5.74) is 7.67. The minimum Gasteiger partial charge on any atom is -0.378 e. The molecule has 5 rings (SSSR count). The zero-order valence-corrected chi connectivity index (χ0v) is 16.6. The number of carbonyl (C=O) groups excluding carboxylic acids is 1. The van der Waals surface area contributed by atoms with Gasteiger partial charge in [-0.1, -0.05) is 0 Å². The summed E-state index contributed by atoms with van der Waals surface area (Å²) in [6.45, 7) is 4.14. The molecule has 0 aliphatic heterocycles. The maximum Gasteiger partial charge on any atom is 0.215 e. The third kappa shape index (κ3) is 3.00. The molecule has 148 valence electrons. The lowest BCUT2D eigenvalue weighted by molar-refractivity contribution is -0.124. The Labute approximate surface area is 169 Å². The highest BCUT2D eigenvalue weighted by atomic mass is 16.3. The van der Waals surface area contributed by atoms with Gasteiger partial charge in [0, 0.05) is 23.3 Å². The van der Waals surface area contributed by atoms with Crippen molar-refractivity contribution in [2.45, 2.75) is 45.6 Å². The molecule has 0 amide bonds. The van der Waals surface area contributed by atoms with Gasteiger partial charge in [-0.25, -0.2) is 4.98 Å². The highest BCUT2D eigenvalue weighted by Gasteiger charge is 2.39. The van der Waals surface area contributed by atoms with Crippen molar-refractivity contribution in [3.8, 4) is 0 Å². The fraction of sp³-hybridized carbons (Fsp3) is 0.304. The molecule has 0 spiro atoms. The normalized spacial score (nSPS) is 18.6. The van der Waals surface area contributed by atoms with Crippen LogP contribution in [0.5, 0.6) is 0 Å². The number of benzene rings is 1. The number of aromatic nitrogens is 2. The van der Waals surface area contributed by atoms with Gasteiger partial charge in [-0.3, -0.25) is 4.79 Å². The molecule has 2 aliphatic carbocycles. The number of nitrogens with one attached hydrogen (secondary N) is 3. The van der Waals surface area contributed by atoms with E-state index in [0.29, 0.717) is 17.2 Å². The van der Waals surface area contributed by atoms with Gasteiger partial charge in [-0.05, 0) is 80.0 Å². The molecular formula is C23H24N4O2. The van der Waals surface area contributed by atoms with Gasteiger partial charge < -0.3 is 20.7 Å². The number of aliphatic hydroxyl groups excluding tert-OH is 1. The van der Waals surface area contributed by atoms with Crippen molar-refractivity contribution in [2.75, 3.05) is 10.6 Å². The second kappa shape index (κ2) is 6.74. The lowest BCUT2D eigenvalue weighted by Gasteiger charge is -2.29. The van der Waals surface area contributed by atoms with Crippen LogP contribution in [0.3, 0.4) is 0 Å². The number of aryl methyl sites for hydroxylation is 4. The number of hydrogen-bond donors (Lipinski definition) is 4. The van der Waals surface area contributed by atoms with Gasteiger partial charge in [-0.2, -0.15) is 0 Å². The lowest BCUT2D eigenvalue weighted by atomic mass is 9.92. The molecule has 2 heterocycles. The summed E-state index contributed by atoms with van der Waals surface area (Å²) >= 11 is 0. The highest BCUT2D eigenvalue weighted by molar-refractivity contribution is 6.12. The summed E-state index contributed by atoms with van der Waals surface area (Å²) in [4.78, 5) is 20.1. The first-order valence-corrected chi connectivity index (χ1v) is 10.1. The van der Waals surface area contributed by atoms with Gasteiger partial charge in [0.25, 0.3) is 0 Å². The first-order valence-electron chi connectivity index (χ1n) is 10.1. The molecule has 0 saturated heterocycles. The van der Waals surface area contributed by atoms with Crippen molar-refractivity contribution in [3.63, 3.8) is 0 Å². The molecule has 29 heavy (non-hydrogen) atoms. The van der Waals surface area contributed by atoms with Gasteiger partial charge in [0.05, 0.1) is 11.4 Å². The summed E-state index contributed by atoms with van der Waals surface area (Å²) in [7, 11) is 0. The maximum atomic E-state index is 12.3. The van der Waals surface area contributed by atoms with E-state index in [4.69, 9.17) is 0 Å². The smallest absolute Gasteiger partial charge is 0.215 e. The molecule has 0 fully saturated rings. The van der Waals surface area contributed by atoms with E-state index in [2.05, 4.69) is 46.6 Å². The summed E-state index contributed by atoms with van der Waals surface area (Å²) in [6, 6.07) is 6.23. The largest absolute Gasteiger partial charge is 0.378 e. The van der Waals surface area contributed by atoms with E-state index in [0.717, 1.165) is 29.4 Å². The van der Waals surface area contributed by atoms with Crippen molar-refractivity contribution in [1.29, 1.82) is 0 Å². The zero-order valence-electron chi connectivity index (χ0n) is 16.6. The number of Topliss-reactive ketones (excluding diaryl/α,β-unsaturated/α-hetero) is 1. The quantitative estimate of drug-likeness (QED) is 0.547. The Morgan fingerprint density at radius 2 is 1.83 bits per heavy atom. The number of H-pyrrole nitrogens is 1. The van der Waals surface area contributed by atoms with Crippen LogP contribution in [0.2, 0.25) is 0 Å². The molecule has 1 unspecified atom stereocenters. The minimum absolute atomic E-state index is 0.316. The van der Waals surface area contributed by atoms with Crippen molar-refractivity contribution in [2.24, 2.45) is 0 Å². The third-order valence-electron chi connectivity index (χ3n) is 6.08. The Bertz CT molecular complexity index is 1180. The van der Waals surface area contributed by atoms with E-state index >= 15 is 0 Å². The van der Waals surface area contributed by atoms with Crippen molar-refractivity contribution in [1.82, 2.24) is 9.97 Å². The van der Waals surface area contributed by atoms with E-state index in [1.54, 1.807) is 0 Å². The molecule has 6 nitrogen and oxygen atoms in total. The number of carbonyl (C=O) groups is 1. The van der Waals surface area contributed by atoms with Gasteiger partial charge in [0.15, 0.2) is 6.10 Å². The Hall–Kier alpha value is -3.12. The van der Waals surface area contributed by atoms with Crippen LogP contribution in [0.4, 0.5) is 11.5 Å². The van der Waals surface area contributed by atoms with E-state index in [1.165, 1.54) is 35.1 Å². The number of fused-ring (bicyclic) bond motifs is 2. The lowest BCUT2D eigenvalue weighted by Crippen LogP contribution is -2.43. The fourth-order valence-electron chi connectivity index (χ4n) is 4.16. The second-order valence-electron chi connectivity index (χ2n) is 8.04. The standard InChI is InChI=1S/C23H24N4O2/c1-12-7-16-17(8-13(12)2)24-11-18(16)26-20-21(23(29)22(20)28)27-19-9-14-5-3-4-6-15(14)10-25-19/h7-11,23-24,26,29H,3-6H2,1-2H3,(H,25,27). The van der Waals surface area contributed by atoms with Gasteiger partial charge in [0.2, 0.25) is 5.78 Å². The molecule has 2 aliphatic rings. The Morgan fingerprint density at radius 1 is 1.07 bits per heavy atom. The summed E-state index contributed by atoms with van der Waals surface area (Å²) in [5, 5.41) is 17.6. The van der Waals surface area contributed by atoms with Crippen LogP contribution in [-0.2, 0) is 17.6 Å². The molecule has 0 bridgehead atoms. The molecule has 6 heteroatoms. The molecule has 3 aromatic rings. The molecule has 1 atom stereocenters. The second-order valence-corrected chi connectivity index (χ2v) is 8.04. The number of nitrogens with zero attached hydrogens (tertiary/aromatic N) is 1. The number of pyridine rings is 1. The zero-order chi connectivity index (χ0) is 20.1. The van der Waals surface area contributed by atoms with Crippen LogP contribution in [0.1, 0.15) is 35.1 Å². The average molecular weight is 388 g/mol. The summed E-state index contributed by atoms with van der Waals surface area (Å²) < 4.78 is 0. The minimum atomic E-state index is -1.15. The summed E-state index contributed by atoms with van der Waals surface area (Å²) in [6.07, 6.45) is 7.12. The molecule has 0 saturated carbocycles. The van der Waals surface area contributed by atoms with Crippen LogP contribution >= 0.6 is 0 Å². The van der Waals surface area contributed by atoms with Crippen molar-refractivity contribution in [3.05, 3.63) is 64.2 Å². The van der Waals surface area contributed by atoms with Crippen LogP contribution < -0.4 is 10.6 Å². The Morgan fingerprint density at radius 3 is 2.66 bits per heavy atom. The third-order valence-corrected chi connectivity index (χ3v) is 6.08. The first kappa shape index (κ1) is 17.9. The van der Waals surface area contributed by atoms with E-state index in [9.17, 15) is 9.90 Å². The van der Waals surface area contributed by atoms with Crippen LogP contribution in [-0.4, -0.2) is 27.0 Å². The summed E-state index contributed by atoms with van der Waals surface area (Å²) in [5.74, 6) is 0.348. The number of aliphatic hydroxyl groups is 1. The van der Waals surface area contributed by atoms with Gasteiger partial charge in [0.1, 0.15) is 11.5 Å². The van der Waals surface area contributed by atoms with Crippen molar-refractivity contribution < 1.29 is 9.90 Å². The number of aromatic amines is 1. The van der Waals surface area contributed by atoms with Gasteiger partial charge >= 0.3 is 0 Å². The molecule has 1 aromatic carbocycles. The molecule has 2 aromatic heterocycles. The number of ketones is 1. The maximum absolute atomic E-state index is 12.3. The monoisotopic (exact) mass is 388 g/mol. The van der Waals surface area contributed by atoms with E-state index in [-0.39, 0.29) is 5.78 Å². The Balaban J connectivity index is 1.46. The van der Waals surface area contributed by atoms with E-state index < -0.39 is 6.10 Å². The number of anilines is 2. The predicted molar refractivity (Wildman–Crippen MR) is 114 cm³/mol. The fourth-order valence-corrected chi connectivity index (χ4v) is 4.16. The topological polar surface area (TPSA) is 90.0 Å².